The SMILES string of the molecule is CCS(=O)[C@@H]1CCCC[C@H]1O. The van der Waals surface area contributed by atoms with Crippen molar-refractivity contribution in [3.8, 4) is 0 Å². The van der Waals surface area contributed by atoms with Crippen LogP contribution in [0.15, 0.2) is 0 Å². The molecule has 2 nitrogen and oxygen atoms in total. The highest BCUT2D eigenvalue weighted by atomic mass is 32.2. The summed E-state index contributed by atoms with van der Waals surface area (Å²) < 4.78 is 11.3. The minimum absolute atomic E-state index is 0.0637. The first-order valence-electron chi connectivity index (χ1n) is 4.31. The van der Waals surface area contributed by atoms with Crippen LogP contribution in [0, 0.1) is 0 Å². The molecule has 0 aromatic carbocycles. The van der Waals surface area contributed by atoms with E-state index in [0.717, 1.165) is 25.7 Å². The van der Waals surface area contributed by atoms with Gasteiger partial charge in [-0.1, -0.05) is 19.8 Å². The Labute approximate surface area is 70.5 Å². The molecule has 11 heavy (non-hydrogen) atoms. The summed E-state index contributed by atoms with van der Waals surface area (Å²) in [4.78, 5) is 0. The first-order valence-corrected chi connectivity index (χ1v) is 5.69. The van der Waals surface area contributed by atoms with Gasteiger partial charge >= 0.3 is 0 Å². The van der Waals surface area contributed by atoms with E-state index < -0.39 is 10.8 Å². The molecule has 1 N–H and O–H groups in total. The van der Waals surface area contributed by atoms with Crippen LogP contribution in [0.2, 0.25) is 0 Å². The number of aliphatic hydroxyl groups is 1. The smallest absolute Gasteiger partial charge is 0.0683 e. The van der Waals surface area contributed by atoms with Crippen LogP contribution >= 0.6 is 0 Å². The second-order valence-corrected chi connectivity index (χ2v) is 5.00. The predicted molar refractivity (Wildman–Crippen MR) is 46.9 cm³/mol. The van der Waals surface area contributed by atoms with E-state index in [1.807, 2.05) is 6.92 Å². The molecule has 0 bridgehead atoms. The number of hydrogen-bond acceptors (Lipinski definition) is 2. The van der Waals surface area contributed by atoms with Gasteiger partial charge in [-0.15, -0.1) is 0 Å². The second-order valence-electron chi connectivity index (χ2n) is 3.06. The average molecular weight is 176 g/mol. The Morgan fingerprint density at radius 1 is 1.45 bits per heavy atom. The van der Waals surface area contributed by atoms with Gasteiger partial charge in [0.2, 0.25) is 0 Å². The van der Waals surface area contributed by atoms with Gasteiger partial charge in [-0.3, -0.25) is 4.21 Å². The molecule has 1 fully saturated rings. The molecule has 0 aliphatic heterocycles. The van der Waals surface area contributed by atoms with Gasteiger partial charge in [-0.2, -0.15) is 0 Å². The standard InChI is InChI=1S/C8H16O2S/c1-2-11(10)8-6-4-3-5-7(8)9/h7-9H,2-6H2,1H3/t7-,8-,11?/m1/s1. The Morgan fingerprint density at radius 2 is 2.09 bits per heavy atom. The third-order valence-electron chi connectivity index (χ3n) is 2.29. The summed E-state index contributed by atoms with van der Waals surface area (Å²) in [6, 6.07) is 0. The fraction of sp³-hybridized carbons (Fsp3) is 1.00. The molecule has 1 unspecified atom stereocenters. The molecule has 0 heterocycles. The fourth-order valence-electron chi connectivity index (χ4n) is 1.60. The fourth-order valence-corrected chi connectivity index (χ4v) is 2.94. The highest BCUT2D eigenvalue weighted by Crippen LogP contribution is 2.22. The number of hydrogen-bond donors (Lipinski definition) is 1. The molecule has 3 heteroatoms. The van der Waals surface area contributed by atoms with E-state index in [0.29, 0.717) is 5.75 Å². The monoisotopic (exact) mass is 176 g/mol. The zero-order valence-corrected chi connectivity index (χ0v) is 7.77. The normalized spacial score (nSPS) is 35.1. The van der Waals surface area contributed by atoms with E-state index in [4.69, 9.17) is 0 Å². The summed E-state index contributed by atoms with van der Waals surface area (Å²) in [5.41, 5.74) is 0. The summed E-state index contributed by atoms with van der Waals surface area (Å²) in [6.07, 6.45) is 3.72. The van der Waals surface area contributed by atoms with Crippen LogP contribution in [-0.2, 0) is 10.8 Å². The van der Waals surface area contributed by atoms with Crippen LogP contribution in [0.25, 0.3) is 0 Å². The molecule has 0 aromatic heterocycles. The average Bonchev–Trinajstić information content (AvgIpc) is 2.04. The molecule has 0 aromatic rings. The second kappa shape index (κ2) is 4.21. The molecule has 0 saturated heterocycles. The van der Waals surface area contributed by atoms with Gasteiger partial charge in [-0.05, 0) is 12.8 Å². The molecule has 0 amide bonds. The Balaban J connectivity index is 2.47. The molecule has 3 atom stereocenters. The van der Waals surface area contributed by atoms with E-state index in [9.17, 15) is 9.32 Å². The first-order chi connectivity index (χ1) is 5.25. The maximum absolute atomic E-state index is 11.3. The zero-order chi connectivity index (χ0) is 8.27. The number of rotatable bonds is 2. The van der Waals surface area contributed by atoms with E-state index in [1.54, 1.807) is 0 Å². The first kappa shape index (κ1) is 9.20. The van der Waals surface area contributed by atoms with E-state index >= 15 is 0 Å². The van der Waals surface area contributed by atoms with Crippen LogP contribution in [0.4, 0.5) is 0 Å². The van der Waals surface area contributed by atoms with Gasteiger partial charge < -0.3 is 5.11 Å². The lowest BCUT2D eigenvalue weighted by Crippen LogP contribution is -2.34. The lowest BCUT2D eigenvalue weighted by molar-refractivity contribution is 0.135. The lowest BCUT2D eigenvalue weighted by atomic mass is 9.97. The Morgan fingerprint density at radius 3 is 2.64 bits per heavy atom. The lowest BCUT2D eigenvalue weighted by Gasteiger charge is -2.26. The molecule has 1 aliphatic carbocycles. The van der Waals surface area contributed by atoms with Gasteiger partial charge in [0.1, 0.15) is 0 Å². The third-order valence-corrected chi connectivity index (χ3v) is 4.08. The summed E-state index contributed by atoms with van der Waals surface area (Å²) in [6.45, 7) is 1.91. The molecule has 1 saturated carbocycles. The van der Waals surface area contributed by atoms with Crippen molar-refractivity contribution < 1.29 is 9.32 Å². The highest BCUT2D eigenvalue weighted by Gasteiger charge is 2.26. The van der Waals surface area contributed by atoms with Crippen LogP contribution in [0.5, 0.6) is 0 Å². The van der Waals surface area contributed by atoms with Crippen molar-refractivity contribution in [3.05, 3.63) is 0 Å². The van der Waals surface area contributed by atoms with Gasteiger partial charge in [0.15, 0.2) is 0 Å². The van der Waals surface area contributed by atoms with Crippen molar-refractivity contribution >= 4 is 10.8 Å². The zero-order valence-electron chi connectivity index (χ0n) is 6.95. The van der Waals surface area contributed by atoms with Crippen molar-refractivity contribution in [2.24, 2.45) is 0 Å². The number of aliphatic hydroxyl groups excluding tert-OH is 1. The van der Waals surface area contributed by atoms with Crippen molar-refractivity contribution in [3.63, 3.8) is 0 Å². The van der Waals surface area contributed by atoms with Crippen molar-refractivity contribution in [1.82, 2.24) is 0 Å². The van der Waals surface area contributed by atoms with Crippen LogP contribution in [0.3, 0.4) is 0 Å². The van der Waals surface area contributed by atoms with E-state index in [-0.39, 0.29) is 11.4 Å². The van der Waals surface area contributed by atoms with Gasteiger partial charge in [0, 0.05) is 16.6 Å². The van der Waals surface area contributed by atoms with E-state index in [1.165, 1.54) is 0 Å². The molecular weight excluding hydrogens is 160 g/mol. The van der Waals surface area contributed by atoms with Crippen molar-refractivity contribution in [2.45, 2.75) is 44.0 Å². The van der Waals surface area contributed by atoms with Gasteiger partial charge in [0.25, 0.3) is 0 Å². The third kappa shape index (κ3) is 2.27. The minimum atomic E-state index is -0.794. The largest absolute Gasteiger partial charge is 0.392 e. The van der Waals surface area contributed by atoms with Crippen LogP contribution in [0.1, 0.15) is 32.6 Å². The summed E-state index contributed by atoms with van der Waals surface area (Å²) in [5, 5.41) is 9.54. The molecular formula is C8H16O2S. The van der Waals surface area contributed by atoms with Gasteiger partial charge in [0.05, 0.1) is 11.4 Å². The summed E-state index contributed by atoms with van der Waals surface area (Å²) in [7, 11) is -0.794. The Bertz CT molecular complexity index is 147. The Kier molecular flexibility index (Phi) is 3.52. The maximum Gasteiger partial charge on any atom is 0.0683 e. The predicted octanol–water partition coefficient (Wildman–Crippen LogP) is 1.06. The molecule has 0 radical (unpaired) electrons. The highest BCUT2D eigenvalue weighted by molar-refractivity contribution is 7.85. The Hall–Kier alpha value is 0.110. The maximum atomic E-state index is 11.3. The minimum Gasteiger partial charge on any atom is -0.392 e. The summed E-state index contributed by atoms with van der Waals surface area (Å²) >= 11 is 0. The topological polar surface area (TPSA) is 37.3 Å². The van der Waals surface area contributed by atoms with Crippen molar-refractivity contribution in [2.75, 3.05) is 5.75 Å². The molecule has 1 rings (SSSR count). The van der Waals surface area contributed by atoms with Crippen molar-refractivity contribution in [1.29, 1.82) is 0 Å². The molecule has 0 spiro atoms. The van der Waals surface area contributed by atoms with Crippen LogP contribution < -0.4 is 0 Å². The summed E-state index contributed by atoms with van der Waals surface area (Å²) in [5.74, 6) is 0.682. The van der Waals surface area contributed by atoms with Gasteiger partial charge in [-0.25, -0.2) is 0 Å². The molecule has 66 valence electrons. The molecule has 1 aliphatic rings. The van der Waals surface area contributed by atoms with Crippen LogP contribution in [-0.4, -0.2) is 26.4 Å². The quantitative estimate of drug-likeness (QED) is 0.683. The van der Waals surface area contributed by atoms with E-state index in [2.05, 4.69) is 0 Å².